The van der Waals surface area contributed by atoms with Crippen molar-refractivity contribution in [3.05, 3.63) is 0 Å². The van der Waals surface area contributed by atoms with Gasteiger partial charge in [-0.2, -0.15) is 0 Å². The summed E-state index contributed by atoms with van der Waals surface area (Å²) in [5.41, 5.74) is 0.606. The quantitative estimate of drug-likeness (QED) is 0.716. The first kappa shape index (κ1) is 12.0. The van der Waals surface area contributed by atoms with E-state index in [1.54, 1.807) is 0 Å². The van der Waals surface area contributed by atoms with E-state index in [9.17, 15) is 4.79 Å². The lowest BCUT2D eigenvalue weighted by Gasteiger charge is -2.28. The zero-order valence-electron chi connectivity index (χ0n) is 11.4. The van der Waals surface area contributed by atoms with E-state index < -0.39 is 5.60 Å². The zero-order valence-corrected chi connectivity index (χ0v) is 11.4. The summed E-state index contributed by atoms with van der Waals surface area (Å²) in [7, 11) is 0. The minimum atomic E-state index is -0.742. The van der Waals surface area contributed by atoms with Crippen molar-refractivity contribution in [2.24, 2.45) is 10.6 Å². The van der Waals surface area contributed by atoms with Crippen LogP contribution >= 0.6 is 0 Å². The molecule has 0 aromatic heterocycles. The van der Waals surface area contributed by atoms with Gasteiger partial charge in [-0.3, -0.25) is 4.79 Å². The Hall–Kier alpha value is -1.06. The summed E-state index contributed by atoms with van der Waals surface area (Å²) in [5, 5.41) is 3.94. The van der Waals surface area contributed by atoms with Crippen molar-refractivity contribution in [1.29, 1.82) is 0 Å². The molecule has 1 amide bonds. The molecule has 0 bridgehead atoms. The largest absolute Gasteiger partial charge is 0.379 e. The van der Waals surface area contributed by atoms with Gasteiger partial charge in [-0.05, 0) is 38.5 Å². The molecule has 4 nitrogen and oxygen atoms in total. The smallest absolute Gasteiger partial charge is 0.269 e. The van der Waals surface area contributed by atoms with Gasteiger partial charge < -0.3 is 9.74 Å². The monoisotopic (exact) mass is 250 g/mol. The number of carbonyl (C=O) groups is 1. The van der Waals surface area contributed by atoms with Gasteiger partial charge in [-0.25, -0.2) is 0 Å². The first-order valence-electron chi connectivity index (χ1n) is 7.04. The molecule has 0 aromatic rings. The molecule has 1 saturated carbocycles. The van der Waals surface area contributed by atoms with Crippen molar-refractivity contribution < 1.29 is 9.63 Å². The van der Waals surface area contributed by atoms with Gasteiger partial charge in [0.15, 0.2) is 0 Å². The normalized spacial score (nSPS) is 33.9. The van der Waals surface area contributed by atoms with Crippen LogP contribution in [0.2, 0.25) is 0 Å². The molecule has 18 heavy (non-hydrogen) atoms. The highest BCUT2D eigenvalue weighted by Crippen LogP contribution is 2.46. The maximum atomic E-state index is 12.6. The van der Waals surface area contributed by atoms with Gasteiger partial charge in [0, 0.05) is 19.5 Å². The fraction of sp³-hybridized carbons (Fsp3) is 0.857. The molecule has 2 heterocycles. The molecular formula is C14H22N2O2. The van der Waals surface area contributed by atoms with E-state index in [2.05, 4.69) is 5.16 Å². The molecule has 1 unspecified atom stereocenters. The zero-order chi connectivity index (χ0) is 12.8. The minimum absolute atomic E-state index is 0.131. The summed E-state index contributed by atoms with van der Waals surface area (Å²) in [6.45, 7) is 5.62. The van der Waals surface area contributed by atoms with Crippen molar-refractivity contribution in [3.8, 4) is 0 Å². The highest BCUT2D eigenvalue weighted by Gasteiger charge is 2.48. The van der Waals surface area contributed by atoms with Gasteiger partial charge in [0.25, 0.3) is 5.91 Å². The topological polar surface area (TPSA) is 41.9 Å². The third-order valence-electron chi connectivity index (χ3n) is 4.84. The predicted octanol–water partition coefficient (Wildman–Crippen LogP) is 2.33. The fourth-order valence-corrected chi connectivity index (χ4v) is 3.82. The van der Waals surface area contributed by atoms with E-state index in [1.807, 2.05) is 18.7 Å². The van der Waals surface area contributed by atoms with Crippen molar-refractivity contribution in [3.63, 3.8) is 0 Å². The first-order valence-corrected chi connectivity index (χ1v) is 7.04. The molecule has 0 radical (unpaired) electrons. The van der Waals surface area contributed by atoms with E-state index >= 15 is 0 Å². The van der Waals surface area contributed by atoms with Crippen molar-refractivity contribution in [1.82, 2.24) is 4.90 Å². The van der Waals surface area contributed by atoms with Crippen LogP contribution in [0.25, 0.3) is 0 Å². The molecule has 4 heteroatoms. The Morgan fingerprint density at radius 1 is 1.33 bits per heavy atom. The second-order valence-electron chi connectivity index (χ2n) is 6.51. The second-order valence-corrected chi connectivity index (χ2v) is 6.51. The highest BCUT2D eigenvalue weighted by molar-refractivity contribution is 5.94. The number of oxime groups is 1. The summed E-state index contributed by atoms with van der Waals surface area (Å²) in [6, 6.07) is 0. The number of rotatable bonds is 1. The number of nitrogens with zero attached hydrogens (tertiary/aromatic N) is 2. The molecule has 100 valence electrons. The van der Waals surface area contributed by atoms with E-state index in [4.69, 9.17) is 4.84 Å². The number of amides is 1. The fourth-order valence-electron chi connectivity index (χ4n) is 3.82. The third-order valence-corrected chi connectivity index (χ3v) is 4.84. The van der Waals surface area contributed by atoms with E-state index in [0.29, 0.717) is 11.8 Å². The van der Waals surface area contributed by atoms with Gasteiger partial charge in [-0.15, -0.1) is 0 Å². The molecular weight excluding hydrogens is 228 g/mol. The Balaban J connectivity index is 1.68. The lowest BCUT2D eigenvalue weighted by atomic mass is 9.85. The van der Waals surface area contributed by atoms with Crippen molar-refractivity contribution >= 4 is 11.6 Å². The first-order chi connectivity index (χ1) is 8.53. The van der Waals surface area contributed by atoms with E-state index in [0.717, 1.165) is 18.8 Å². The van der Waals surface area contributed by atoms with Gasteiger partial charge in [0.2, 0.25) is 5.60 Å². The Labute approximate surface area is 108 Å². The number of hydrogen-bond donors (Lipinski definition) is 0. The Kier molecular flexibility index (Phi) is 2.65. The summed E-state index contributed by atoms with van der Waals surface area (Å²) < 4.78 is 0. The lowest BCUT2D eigenvalue weighted by molar-refractivity contribution is -0.152. The highest BCUT2D eigenvalue weighted by atomic mass is 16.7. The molecule has 3 rings (SSSR count). The van der Waals surface area contributed by atoms with Crippen LogP contribution in [-0.2, 0) is 9.63 Å². The maximum absolute atomic E-state index is 12.6. The molecule has 1 aliphatic carbocycles. The second kappa shape index (κ2) is 3.97. The van der Waals surface area contributed by atoms with E-state index in [1.165, 1.54) is 32.1 Å². The Bertz CT molecular complexity index is 399. The molecule has 0 N–H and O–H groups in total. The van der Waals surface area contributed by atoms with Gasteiger partial charge in [-0.1, -0.05) is 18.0 Å². The Morgan fingerprint density at radius 2 is 2.06 bits per heavy atom. The van der Waals surface area contributed by atoms with Crippen LogP contribution in [0.1, 0.15) is 52.4 Å². The van der Waals surface area contributed by atoms with Crippen molar-refractivity contribution in [2.75, 3.05) is 13.1 Å². The van der Waals surface area contributed by atoms with Crippen LogP contribution in [0.15, 0.2) is 5.16 Å². The van der Waals surface area contributed by atoms with Crippen LogP contribution in [0.3, 0.4) is 0 Å². The van der Waals surface area contributed by atoms with Gasteiger partial charge in [0.05, 0.1) is 5.71 Å². The van der Waals surface area contributed by atoms with Crippen LogP contribution in [0, 0.1) is 5.41 Å². The molecule has 2 fully saturated rings. The average Bonchev–Trinajstić information content (AvgIpc) is 3.03. The summed E-state index contributed by atoms with van der Waals surface area (Å²) >= 11 is 0. The van der Waals surface area contributed by atoms with E-state index in [-0.39, 0.29) is 5.91 Å². The third kappa shape index (κ3) is 1.82. The van der Waals surface area contributed by atoms with Crippen molar-refractivity contribution in [2.45, 2.75) is 58.0 Å². The van der Waals surface area contributed by atoms with Gasteiger partial charge >= 0.3 is 0 Å². The standard InChI is InChI=1S/C14H22N2O2/c1-11-9-13(2,18-15-11)12(17)16-8-7-14(10-16)5-3-4-6-14/h3-10H2,1-2H3. The molecule has 3 aliphatic rings. The van der Waals surface area contributed by atoms with Crippen LogP contribution in [0.5, 0.6) is 0 Å². The number of likely N-dealkylation sites (tertiary alicyclic amines) is 1. The maximum Gasteiger partial charge on any atom is 0.269 e. The molecule has 1 atom stereocenters. The molecule has 1 spiro atoms. The Morgan fingerprint density at radius 3 is 2.67 bits per heavy atom. The lowest BCUT2D eigenvalue weighted by Crippen LogP contribution is -2.46. The number of hydrogen-bond acceptors (Lipinski definition) is 3. The summed E-state index contributed by atoms with van der Waals surface area (Å²) in [5.74, 6) is 0.131. The molecule has 0 aromatic carbocycles. The SMILES string of the molecule is CC1=NOC(C)(C(=O)N2CCC3(CCCC3)C2)C1. The molecule has 2 aliphatic heterocycles. The number of carbonyl (C=O) groups excluding carboxylic acids is 1. The average molecular weight is 250 g/mol. The summed E-state index contributed by atoms with van der Waals surface area (Å²) in [4.78, 5) is 20.0. The van der Waals surface area contributed by atoms with Crippen LogP contribution in [0.4, 0.5) is 0 Å². The van der Waals surface area contributed by atoms with Crippen LogP contribution < -0.4 is 0 Å². The molecule has 1 saturated heterocycles. The van der Waals surface area contributed by atoms with Gasteiger partial charge in [0.1, 0.15) is 0 Å². The van der Waals surface area contributed by atoms with Crippen LogP contribution in [-0.4, -0.2) is 35.2 Å². The minimum Gasteiger partial charge on any atom is -0.379 e. The predicted molar refractivity (Wildman–Crippen MR) is 69.3 cm³/mol. The summed E-state index contributed by atoms with van der Waals surface area (Å²) in [6.07, 6.45) is 7.06.